The Morgan fingerprint density at radius 3 is 2.65 bits per heavy atom. The van der Waals surface area contributed by atoms with Crippen LogP contribution in [-0.2, 0) is 0 Å². The Kier molecular flexibility index (Phi) is 3.89. The third kappa shape index (κ3) is 3.06. The maximum Gasteiger partial charge on any atom is 0.329 e. The summed E-state index contributed by atoms with van der Waals surface area (Å²) in [6.45, 7) is 0. The zero-order valence-corrected chi connectivity index (χ0v) is 10.7. The Morgan fingerprint density at radius 1 is 1.30 bits per heavy atom. The van der Waals surface area contributed by atoms with Crippen LogP contribution in [0.15, 0.2) is 18.2 Å². The molecule has 0 spiro atoms. The molecule has 0 unspecified atom stereocenters. The summed E-state index contributed by atoms with van der Waals surface area (Å²) in [6, 6.07) is 2.37. The molecule has 0 bridgehead atoms. The maximum absolute atomic E-state index is 13.0. The molecule has 0 saturated heterocycles. The first kappa shape index (κ1) is 13.9. The summed E-state index contributed by atoms with van der Waals surface area (Å²) in [4.78, 5) is 21.0. The molecule has 0 atom stereocenters. The summed E-state index contributed by atoms with van der Waals surface area (Å²) in [5.41, 5.74) is -0.569. The standard InChI is InChI=1S/C10H6ClFN4O4/c1-19-9-13-8(11)14-10(15-9)20-7-3-2-5(12)4-6(7)16(17)18/h2-4H,1H3. The van der Waals surface area contributed by atoms with Crippen molar-refractivity contribution in [2.24, 2.45) is 0 Å². The number of nitro groups is 1. The van der Waals surface area contributed by atoms with E-state index in [4.69, 9.17) is 21.1 Å². The van der Waals surface area contributed by atoms with Crippen LogP contribution in [0.3, 0.4) is 0 Å². The molecule has 0 N–H and O–H groups in total. The number of hydrogen-bond acceptors (Lipinski definition) is 7. The van der Waals surface area contributed by atoms with Gasteiger partial charge in [0.1, 0.15) is 5.82 Å². The van der Waals surface area contributed by atoms with Gasteiger partial charge in [-0.05, 0) is 23.7 Å². The maximum atomic E-state index is 13.0. The summed E-state index contributed by atoms with van der Waals surface area (Å²) in [5, 5.41) is 10.6. The van der Waals surface area contributed by atoms with Crippen LogP contribution in [0.1, 0.15) is 0 Å². The lowest BCUT2D eigenvalue weighted by Gasteiger charge is -2.05. The van der Waals surface area contributed by atoms with Gasteiger partial charge in [0.05, 0.1) is 18.1 Å². The van der Waals surface area contributed by atoms with E-state index in [1.807, 2.05) is 0 Å². The van der Waals surface area contributed by atoms with Gasteiger partial charge in [0.25, 0.3) is 0 Å². The molecule has 8 nitrogen and oxygen atoms in total. The molecule has 1 aromatic carbocycles. The molecule has 2 aromatic rings. The fourth-order valence-electron chi connectivity index (χ4n) is 1.27. The predicted octanol–water partition coefficient (Wildman–Crippen LogP) is 2.37. The van der Waals surface area contributed by atoms with E-state index in [-0.39, 0.29) is 23.1 Å². The third-order valence-corrected chi connectivity index (χ3v) is 2.24. The molecule has 0 aliphatic heterocycles. The van der Waals surface area contributed by atoms with E-state index in [1.165, 1.54) is 7.11 Å². The minimum atomic E-state index is -0.793. The Bertz CT molecular complexity index is 670. The number of hydrogen-bond donors (Lipinski definition) is 0. The minimum Gasteiger partial charge on any atom is -0.467 e. The molecule has 1 aromatic heterocycles. The first-order chi connectivity index (χ1) is 9.49. The van der Waals surface area contributed by atoms with Crippen molar-refractivity contribution in [1.82, 2.24) is 15.0 Å². The molecule has 0 aliphatic rings. The van der Waals surface area contributed by atoms with Crippen LogP contribution in [0.4, 0.5) is 10.1 Å². The SMILES string of the molecule is COc1nc(Cl)nc(Oc2ccc(F)cc2[N+](=O)[O-])n1. The molecule has 0 fully saturated rings. The third-order valence-electron chi connectivity index (χ3n) is 2.07. The van der Waals surface area contributed by atoms with Gasteiger partial charge >= 0.3 is 17.7 Å². The zero-order chi connectivity index (χ0) is 14.7. The van der Waals surface area contributed by atoms with Gasteiger partial charge in [0.15, 0.2) is 0 Å². The quantitative estimate of drug-likeness (QED) is 0.631. The highest BCUT2D eigenvalue weighted by Gasteiger charge is 2.19. The number of halogens is 2. The summed E-state index contributed by atoms with van der Waals surface area (Å²) >= 11 is 5.61. The van der Waals surface area contributed by atoms with Gasteiger partial charge in [-0.3, -0.25) is 10.1 Å². The van der Waals surface area contributed by atoms with E-state index in [1.54, 1.807) is 0 Å². The van der Waals surface area contributed by atoms with Crippen molar-refractivity contribution in [3.63, 3.8) is 0 Å². The van der Waals surface area contributed by atoms with Gasteiger partial charge in [-0.2, -0.15) is 9.97 Å². The van der Waals surface area contributed by atoms with Crippen molar-refractivity contribution in [2.45, 2.75) is 0 Å². The van der Waals surface area contributed by atoms with Gasteiger partial charge in [-0.15, -0.1) is 4.98 Å². The fraction of sp³-hybridized carbons (Fsp3) is 0.100. The molecule has 0 saturated carbocycles. The lowest BCUT2D eigenvalue weighted by atomic mass is 10.3. The van der Waals surface area contributed by atoms with Gasteiger partial charge in [0.2, 0.25) is 11.0 Å². The summed E-state index contributed by atoms with van der Waals surface area (Å²) in [7, 11) is 1.30. The van der Waals surface area contributed by atoms with Crippen LogP contribution in [0.25, 0.3) is 0 Å². The smallest absolute Gasteiger partial charge is 0.329 e. The highest BCUT2D eigenvalue weighted by molar-refractivity contribution is 6.28. The van der Waals surface area contributed by atoms with Gasteiger partial charge in [-0.1, -0.05) is 0 Å². The summed E-state index contributed by atoms with van der Waals surface area (Å²) < 4.78 is 22.9. The molecular weight excluding hydrogens is 295 g/mol. The largest absolute Gasteiger partial charge is 0.467 e. The predicted molar refractivity (Wildman–Crippen MR) is 64.5 cm³/mol. The second-order valence-corrected chi connectivity index (χ2v) is 3.68. The van der Waals surface area contributed by atoms with Crippen molar-refractivity contribution in [3.8, 4) is 17.8 Å². The number of rotatable bonds is 4. The Hall–Kier alpha value is -2.55. The Labute approximate surface area is 116 Å². The molecule has 1 heterocycles. The van der Waals surface area contributed by atoms with Crippen LogP contribution in [0.5, 0.6) is 17.8 Å². The lowest BCUT2D eigenvalue weighted by Crippen LogP contribution is -2.00. The Balaban J connectivity index is 2.39. The van der Waals surface area contributed by atoms with Crippen LogP contribution in [0.2, 0.25) is 5.28 Å². The van der Waals surface area contributed by atoms with Crippen LogP contribution in [0, 0.1) is 15.9 Å². The molecule has 20 heavy (non-hydrogen) atoms. The van der Waals surface area contributed by atoms with E-state index < -0.39 is 16.4 Å². The van der Waals surface area contributed by atoms with Crippen molar-refractivity contribution in [3.05, 3.63) is 39.4 Å². The normalized spacial score (nSPS) is 10.2. The molecule has 0 radical (unpaired) electrons. The van der Waals surface area contributed by atoms with E-state index in [9.17, 15) is 14.5 Å². The first-order valence-electron chi connectivity index (χ1n) is 5.07. The second-order valence-electron chi connectivity index (χ2n) is 3.34. The van der Waals surface area contributed by atoms with E-state index >= 15 is 0 Å². The van der Waals surface area contributed by atoms with Crippen molar-refractivity contribution < 1.29 is 18.8 Å². The summed E-state index contributed by atoms with van der Waals surface area (Å²) in [5.74, 6) is -1.00. The van der Waals surface area contributed by atoms with E-state index in [0.29, 0.717) is 0 Å². The van der Waals surface area contributed by atoms with Crippen LogP contribution in [-0.4, -0.2) is 27.0 Å². The van der Waals surface area contributed by atoms with Crippen LogP contribution >= 0.6 is 11.6 Å². The Morgan fingerprint density at radius 2 is 2.00 bits per heavy atom. The molecule has 104 valence electrons. The van der Waals surface area contributed by atoms with E-state index in [0.717, 1.165) is 18.2 Å². The number of aromatic nitrogens is 3. The average molecular weight is 301 g/mol. The highest BCUT2D eigenvalue weighted by atomic mass is 35.5. The van der Waals surface area contributed by atoms with Gasteiger partial charge in [0, 0.05) is 0 Å². The number of ether oxygens (including phenoxy) is 2. The first-order valence-corrected chi connectivity index (χ1v) is 5.44. The number of methoxy groups -OCH3 is 1. The van der Waals surface area contributed by atoms with Gasteiger partial charge in [-0.25, -0.2) is 4.39 Å². The van der Waals surface area contributed by atoms with Crippen molar-refractivity contribution >= 4 is 17.3 Å². The molecule has 0 aliphatic carbocycles. The van der Waals surface area contributed by atoms with Crippen molar-refractivity contribution in [2.75, 3.05) is 7.11 Å². The van der Waals surface area contributed by atoms with Gasteiger partial charge < -0.3 is 9.47 Å². The number of benzene rings is 1. The van der Waals surface area contributed by atoms with Crippen LogP contribution < -0.4 is 9.47 Å². The average Bonchev–Trinajstić information content (AvgIpc) is 2.40. The number of nitro benzene ring substituents is 1. The van der Waals surface area contributed by atoms with Crippen molar-refractivity contribution in [1.29, 1.82) is 0 Å². The molecule has 0 amide bonds. The second kappa shape index (κ2) is 5.61. The molecular formula is C10H6ClFN4O4. The monoisotopic (exact) mass is 300 g/mol. The zero-order valence-electron chi connectivity index (χ0n) is 9.91. The number of nitrogens with zero attached hydrogens (tertiary/aromatic N) is 4. The lowest BCUT2D eigenvalue weighted by molar-refractivity contribution is -0.385. The van der Waals surface area contributed by atoms with E-state index in [2.05, 4.69) is 15.0 Å². The molecule has 10 heteroatoms. The fourth-order valence-corrected chi connectivity index (χ4v) is 1.41. The summed E-state index contributed by atoms with van der Waals surface area (Å²) in [6.07, 6.45) is 0. The highest BCUT2D eigenvalue weighted by Crippen LogP contribution is 2.31. The minimum absolute atomic E-state index is 0.121. The topological polar surface area (TPSA) is 100 Å². The molecule has 2 rings (SSSR count).